The number of likely N-dealkylation sites (tertiary alicyclic amines) is 1. The van der Waals surface area contributed by atoms with E-state index < -0.39 is 0 Å². The van der Waals surface area contributed by atoms with Crippen LogP contribution in [0.25, 0.3) is 0 Å². The van der Waals surface area contributed by atoms with E-state index in [1.165, 1.54) is 0 Å². The Hall–Kier alpha value is -1.59. The lowest BCUT2D eigenvalue weighted by molar-refractivity contribution is -0.116. The summed E-state index contributed by atoms with van der Waals surface area (Å²) >= 11 is 0. The molecule has 1 heterocycles. The molecule has 1 aliphatic rings. The highest BCUT2D eigenvalue weighted by molar-refractivity contribution is 5.91. The molecule has 2 rings (SSSR count). The van der Waals surface area contributed by atoms with E-state index in [4.69, 9.17) is 10.8 Å². The highest BCUT2D eigenvalue weighted by atomic mass is 16.3. The van der Waals surface area contributed by atoms with Gasteiger partial charge >= 0.3 is 0 Å². The second kappa shape index (κ2) is 7.26. The Morgan fingerprint density at radius 1 is 1.40 bits per heavy atom. The van der Waals surface area contributed by atoms with E-state index in [2.05, 4.69) is 10.2 Å². The Labute approximate surface area is 119 Å². The van der Waals surface area contributed by atoms with Gasteiger partial charge in [-0.25, -0.2) is 0 Å². The first-order valence-corrected chi connectivity index (χ1v) is 7.16. The van der Waals surface area contributed by atoms with Crippen molar-refractivity contribution in [1.29, 1.82) is 0 Å². The van der Waals surface area contributed by atoms with Crippen molar-refractivity contribution in [3.05, 3.63) is 24.3 Å². The van der Waals surface area contributed by atoms with Crippen LogP contribution in [0.3, 0.4) is 0 Å². The molecule has 1 fully saturated rings. The summed E-state index contributed by atoms with van der Waals surface area (Å²) in [7, 11) is 0. The fourth-order valence-corrected chi connectivity index (χ4v) is 2.49. The van der Waals surface area contributed by atoms with Crippen LogP contribution in [0.5, 0.6) is 0 Å². The minimum Gasteiger partial charge on any atom is -0.399 e. The average molecular weight is 277 g/mol. The summed E-state index contributed by atoms with van der Waals surface area (Å²) in [6.45, 7) is 2.99. The van der Waals surface area contributed by atoms with Crippen LogP contribution in [-0.2, 0) is 4.79 Å². The molecule has 0 aliphatic carbocycles. The van der Waals surface area contributed by atoms with E-state index in [0.29, 0.717) is 18.0 Å². The minimum absolute atomic E-state index is 0.0138. The molecule has 1 aromatic rings. The number of nitrogen functional groups attached to an aromatic ring is 1. The van der Waals surface area contributed by atoms with Gasteiger partial charge in [0.1, 0.15) is 0 Å². The highest BCUT2D eigenvalue weighted by Gasteiger charge is 2.18. The highest BCUT2D eigenvalue weighted by Crippen LogP contribution is 2.16. The van der Waals surface area contributed by atoms with Crippen molar-refractivity contribution in [3.63, 3.8) is 0 Å². The first-order chi connectivity index (χ1) is 9.67. The molecule has 1 saturated heterocycles. The van der Waals surface area contributed by atoms with Gasteiger partial charge in [0, 0.05) is 30.9 Å². The van der Waals surface area contributed by atoms with Gasteiger partial charge in [-0.2, -0.15) is 0 Å². The van der Waals surface area contributed by atoms with Crippen LogP contribution in [0.2, 0.25) is 0 Å². The van der Waals surface area contributed by atoms with Crippen molar-refractivity contribution in [2.75, 3.05) is 37.3 Å². The van der Waals surface area contributed by atoms with Crippen molar-refractivity contribution in [2.24, 2.45) is 5.92 Å². The van der Waals surface area contributed by atoms with Crippen LogP contribution < -0.4 is 11.1 Å². The number of carbonyl (C=O) groups excluding carboxylic acids is 1. The SMILES string of the molecule is Nc1cccc(NC(=O)CCN2CCC(CO)CC2)c1. The third-order valence-corrected chi connectivity index (χ3v) is 3.79. The van der Waals surface area contributed by atoms with Crippen molar-refractivity contribution in [1.82, 2.24) is 4.90 Å². The second-order valence-corrected chi connectivity index (χ2v) is 5.39. The fraction of sp³-hybridized carbons (Fsp3) is 0.533. The number of aliphatic hydroxyl groups excluding tert-OH is 1. The maximum atomic E-state index is 11.9. The number of carbonyl (C=O) groups is 1. The second-order valence-electron chi connectivity index (χ2n) is 5.39. The van der Waals surface area contributed by atoms with Gasteiger partial charge in [-0.15, -0.1) is 0 Å². The van der Waals surface area contributed by atoms with Gasteiger partial charge in [0.25, 0.3) is 0 Å². The number of hydrogen-bond donors (Lipinski definition) is 3. The number of aliphatic hydroxyl groups is 1. The summed E-state index contributed by atoms with van der Waals surface area (Å²) in [5.41, 5.74) is 7.06. The number of benzene rings is 1. The van der Waals surface area contributed by atoms with E-state index in [1.54, 1.807) is 12.1 Å². The van der Waals surface area contributed by atoms with Gasteiger partial charge in [-0.05, 0) is 50.0 Å². The Balaban J connectivity index is 1.70. The summed E-state index contributed by atoms with van der Waals surface area (Å²) in [5.74, 6) is 0.451. The van der Waals surface area contributed by atoms with Crippen molar-refractivity contribution in [3.8, 4) is 0 Å². The lowest BCUT2D eigenvalue weighted by Crippen LogP contribution is -2.36. The van der Waals surface area contributed by atoms with Crippen LogP contribution in [0.4, 0.5) is 11.4 Å². The summed E-state index contributed by atoms with van der Waals surface area (Å²) < 4.78 is 0. The Morgan fingerprint density at radius 3 is 2.80 bits per heavy atom. The molecule has 5 heteroatoms. The van der Waals surface area contributed by atoms with Crippen molar-refractivity contribution in [2.45, 2.75) is 19.3 Å². The van der Waals surface area contributed by atoms with Crippen molar-refractivity contribution >= 4 is 17.3 Å². The van der Waals surface area contributed by atoms with Crippen LogP contribution in [0.1, 0.15) is 19.3 Å². The predicted molar refractivity (Wildman–Crippen MR) is 80.4 cm³/mol. The molecule has 0 unspecified atom stereocenters. The molecule has 0 saturated carbocycles. The Morgan fingerprint density at radius 2 is 2.15 bits per heavy atom. The van der Waals surface area contributed by atoms with Crippen LogP contribution in [-0.4, -0.2) is 42.2 Å². The van der Waals surface area contributed by atoms with E-state index >= 15 is 0 Å². The van der Waals surface area contributed by atoms with Gasteiger partial charge < -0.3 is 21.1 Å². The van der Waals surface area contributed by atoms with Crippen LogP contribution in [0, 0.1) is 5.92 Å². The molecule has 1 amide bonds. The molecule has 20 heavy (non-hydrogen) atoms. The first kappa shape index (κ1) is 14.8. The minimum atomic E-state index is 0.0138. The quantitative estimate of drug-likeness (QED) is 0.709. The molecule has 0 aromatic heterocycles. The zero-order chi connectivity index (χ0) is 14.4. The van der Waals surface area contributed by atoms with Gasteiger partial charge in [0.2, 0.25) is 5.91 Å². The maximum Gasteiger partial charge on any atom is 0.225 e. The number of hydrogen-bond acceptors (Lipinski definition) is 4. The summed E-state index contributed by atoms with van der Waals surface area (Å²) in [6.07, 6.45) is 2.53. The molecule has 0 atom stereocenters. The number of amides is 1. The van der Waals surface area contributed by atoms with Gasteiger partial charge in [-0.3, -0.25) is 4.79 Å². The van der Waals surface area contributed by atoms with Crippen molar-refractivity contribution < 1.29 is 9.90 Å². The number of anilines is 2. The zero-order valence-corrected chi connectivity index (χ0v) is 11.7. The van der Waals surface area contributed by atoms with E-state index in [1.807, 2.05) is 12.1 Å². The van der Waals surface area contributed by atoms with Crippen LogP contribution >= 0.6 is 0 Å². The largest absolute Gasteiger partial charge is 0.399 e. The summed E-state index contributed by atoms with van der Waals surface area (Å²) in [5, 5.41) is 11.9. The smallest absolute Gasteiger partial charge is 0.225 e. The summed E-state index contributed by atoms with van der Waals surface area (Å²) in [6, 6.07) is 7.21. The average Bonchev–Trinajstić information content (AvgIpc) is 2.46. The zero-order valence-electron chi connectivity index (χ0n) is 11.7. The number of nitrogens with zero attached hydrogens (tertiary/aromatic N) is 1. The molecule has 0 bridgehead atoms. The lowest BCUT2D eigenvalue weighted by atomic mass is 9.98. The van der Waals surface area contributed by atoms with Gasteiger partial charge in [0.15, 0.2) is 0 Å². The van der Waals surface area contributed by atoms with E-state index in [9.17, 15) is 4.79 Å². The standard InChI is InChI=1S/C15H23N3O2/c16-13-2-1-3-14(10-13)17-15(20)6-9-18-7-4-12(11-19)5-8-18/h1-3,10,12,19H,4-9,11,16H2,(H,17,20). The summed E-state index contributed by atoms with van der Waals surface area (Å²) in [4.78, 5) is 14.2. The van der Waals surface area contributed by atoms with E-state index in [0.717, 1.165) is 38.2 Å². The first-order valence-electron chi connectivity index (χ1n) is 7.16. The molecule has 5 nitrogen and oxygen atoms in total. The molecule has 110 valence electrons. The predicted octanol–water partition coefficient (Wildman–Crippen LogP) is 1.30. The number of piperidine rings is 1. The van der Waals surface area contributed by atoms with E-state index in [-0.39, 0.29) is 12.5 Å². The monoisotopic (exact) mass is 277 g/mol. The van der Waals surface area contributed by atoms with Gasteiger partial charge in [0.05, 0.1) is 0 Å². The molecule has 0 radical (unpaired) electrons. The number of rotatable bonds is 5. The lowest BCUT2D eigenvalue weighted by Gasteiger charge is -2.30. The topological polar surface area (TPSA) is 78.6 Å². The number of nitrogens with one attached hydrogen (secondary N) is 1. The third-order valence-electron chi connectivity index (χ3n) is 3.79. The molecule has 0 spiro atoms. The Bertz CT molecular complexity index is 442. The van der Waals surface area contributed by atoms with Gasteiger partial charge in [-0.1, -0.05) is 6.07 Å². The number of nitrogens with two attached hydrogens (primary N) is 1. The third kappa shape index (κ3) is 4.51. The molecular formula is C15H23N3O2. The van der Waals surface area contributed by atoms with Crippen LogP contribution in [0.15, 0.2) is 24.3 Å². The molecular weight excluding hydrogens is 254 g/mol. The molecule has 1 aliphatic heterocycles. The molecule has 1 aromatic carbocycles. The fourth-order valence-electron chi connectivity index (χ4n) is 2.49. The normalized spacial score (nSPS) is 17.1. The maximum absolute atomic E-state index is 11.9. The Kier molecular flexibility index (Phi) is 5.38. The molecule has 4 N–H and O–H groups in total.